The summed E-state index contributed by atoms with van der Waals surface area (Å²) in [7, 11) is 0. The summed E-state index contributed by atoms with van der Waals surface area (Å²) in [6, 6.07) is 0. The quantitative estimate of drug-likeness (QED) is 0.633. The zero-order chi connectivity index (χ0) is 8.20. The largest absolute Gasteiger partial charge is 0.387 e. The fraction of sp³-hybridized carbons (Fsp3) is 0.875. The Labute approximate surface area is 62.9 Å². The lowest BCUT2D eigenvalue weighted by Gasteiger charge is -2.26. The lowest BCUT2D eigenvalue weighted by molar-refractivity contribution is -0.00386. The highest BCUT2D eigenvalue weighted by molar-refractivity contribution is 4.94. The lowest BCUT2D eigenvalue weighted by atomic mass is 9.92. The van der Waals surface area contributed by atoms with Gasteiger partial charge in [-0.3, -0.25) is 0 Å². The van der Waals surface area contributed by atoms with E-state index in [1.165, 1.54) is 0 Å². The molecule has 0 rings (SSSR count). The Balaban J connectivity index is 3.82. The summed E-state index contributed by atoms with van der Waals surface area (Å²) in [5, 5.41) is 18.7. The van der Waals surface area contributed by atoms with E-state index in [4.69, 9.17) is 0 Å². The minimum atomic E-state index is -0.969. The molecule has 1 radical (unpaired) electrons. The van der Waals surface area contributed by atoms with Gasteiger partial charge in [-0.1, -0.05) is 20.3 Å². The average Bonchev–Trinajstić information content (AvgIpc) is 1.86. The van der Waals surface area contributed by atoms with Gasteiger partial charge in [0.1, 0.15) is 6.10 Å². The van der Waals surface area contributed by atoms with Crippen LogP contribution in [0.3, 0.4) is 0 Å². The summed E-state index contributed by atoms with van der Waals surface area (Å²) in [6.45, 7) is 5.46. The standard InChI is InChI=1S/C8H17O2/c1-4-6-8(3,10)7(9)5-2/h9-10H,4-6H2,1-3H3. The van der Waals surface area contributed by atoms with Gasteiger partial charge in [-0.05, 0) is 19.8 Å². The number of aliphatic hydroxyl groups is 2. The molecular weight excluding hydrogens is 128 g/mol. The summed E-state index contributed by atoms with van der Waals surface area (Å²) in [5.41, 5.74) is -0.969. The Kier molecular flexibility index (Phi) is 3.91. The van der Waals surface area contributed by atoms with Crippen molar-refractivity contribution in [3.05, 3.63) is 6.10 Å². The Hall–Kier alpha value is -0.0800. The first-order valence-corrected chi connectivity index (χ1v) is 3.82. The van der Waals surface area contributed by atoms with Crippen LogP contribution in [0.2, 0.25) is 0 Å². The van der Waals surface area contributed by atoms with Gasteiger partial charge in [-0.25, -0.2) is 0 Å². The summed E-state index contributed by atoms with van der Waals surface area (Å²) < 4.78 is 0. The van der Waals surface area contributed by atoms with Crippen molar-refractivity contribution >= 4 is 0 Å². The third-order valence-electron chi connectivity index (χ3n) is 1.69. The zero-order valence-electron chi connectivity index (χ0n) is 7.02. The molecule has 0 saturated heterocycles. The van der Waals surface area contributed by atoms with Crippen molar-refractivity contribution in [2.45, 2.75) is 45.6 Å². The Morgan fingerprint density at radius 3 is 2.20 bits per heavy atom. The Bertz CT molecular complexity index is 89.3. The van der Waals surface area contributed by atoms with Crippen LogP contribution >= 0.6 is 0 Å². The SMILES string of the molecule is CCCC(C)(O)[C](O)CC. The first kappa shape index (κ1) is 9.92. The van der Waals surface area contributed by atoms with Crippen LogP contribution in [0.4, 0.5) is 0 Å². The van der Waals surface area contributed by atoms with Crippen molar-refractivity contribution in [2.24, 2.45) is 0 Å². The summed E-state index contributed by atoms with van der Waals surface area (Å²) in [5.74, 6) is 0. The Morgan fingerprint density at radius 1 is 1.40 bits per heavy atom. The third kappa shape index (κ3) is 2.67. The molecule has 0 aliphatic rings. The van der Waals surface area contributed by atoms with Crippen LogP contribution in [-0.2, 0) is 0 Å². The molecule has 0 aliphatic carbocycles. The molecule has 0 aliphatic heterocycles. The molecule has 0 amide bonds. The fourth-order valence-corrected chi connectivity index (χ4v) is 1.01. The van der Waals surface area contributed by atoms with E-state index in [9.17, 15) is 10.2 Å². The summed E-state index contributed by atoms with van der Waals surface area (Å²) in [4.78, 5) is 0. The van der Waals surface area contributed by atoms with Crippen LogP contribution in [0, 0.1) is 6.10 Å². The molecule has 10 heavy (non-hydrogen) atoms. The monoisotopic (exact) mass is 145 g/mol. The van der Waals surface area contributed by atoms with Crippen molar-refractivity contribution in [3.63, 3.8) is 0 Å². The molecule has 0 aromatic rings. The number of rotatable bonds is 4. The molecule has 2 N–H and O–H groups in total. The van der Waals surface area contributed by atoms with Gasteiger partial charge in [0.2, 0.25) is 0 Å². The number of hydrogen-bond donors (Lipinski definition) is 2. The third-order valence-corrected chi connectivity index (χ3v) is 1.69. The van der Waals surface area contributed by atoms with Gasteiger partial charge in [0.15, 0.2) is 0 Å². The van der Waals surface area contributed by atoms with Crippen molar-refractivity contribution in [2.75, 3.05) is 0 Å². The van der Waals surface area contributed by atoms with Gasteiger partial charge in [-0.15, -0.1) is 0 Å². The maximum atomic E-state index is 9.50. The van der Waals surface area contributed by atoms with Gasteiger partial charge in [-0.2, -0.15) is 0 Å². The zero-order valence-corrected chi connectivity index (χ0v) is 7.02. The van der Waals surface area contributed by atoms with E-state index in [0.717, 1.165) is 6.42 Å². The molecule has 1 atom stereocenters. The Morgan fingerprint density at radius 2 is 1.90 bits per heavy atom. The highest BCUT2D eigenvalue weighted by Gasteiger charge is 2.28. The molecule has 0 spiro atoms. The molecule has 61 valence electrons. The topological polar surface area (TPSA) is 40.5 Å². The van der Waals surface area contributed by atoms with Crippen molar-refractivity contribution in [1.82, 2.24) is 0 Å². The van der Waals surface area contributed by atoms with Crippen LogP contribution in [0.15, 0.2) is 0 Å². The van der Waals surface area contributed by atoms with Gasteiger partial charge in [0.05, 0.1) is 5.60 Å². The maximum absolute atomic E-state index is 9.50. The summed E-state index contributed by atoms with van der Waals surface area (Å²) in [6.07, 6.45) is 2.24. The van der Waals surface area contributed by atoms with E-state index in [2.05, 4.69) is 0 Å². The van der Waals surface area contributed by atoms with E-state index >= 15 is 0 Å². The molecule has 0 bridgehead atoms. The van der Waals surface area contributed by atoms with E-state index in [-0.39, 0.29) is 6.10 Å². The molecule has 0 aromatic carbocycles. The molecule has 2 nitrogen and oxygen atoms in total. The molecule has 0 aromatic heterocycles. The molecule has 0 fully saturated rings. The summed E-state index contributed by atoms with van der Waals surface area (Å²) >= 11 is 0. The average molecular weight is 145 g/mol. The lowest BCUT2D eigenvalue weighted by Crippen LogP contribution is -2.32. The fourth-order valence-electron chi connectivity index (χ4n) is 1.01. The van der Waals surface area contributed by atoms with Gasteiger partial charge in [0, 0.05) is 0 Å². The predicted octanol–water partition coefficient (Wildman–Crippen LogP) is 1.85. The van der Waals surface area contributed by atoms with Gasteiger partial charge in [0.25, 0.3) is 0 Å². The van der Waals surface area contributed by atoms with Crippen molar-refractivity contribution < 1.29 is 10.2 Å². The minimum absolute atomic E-state index is 0.189. The normalized spacial score (nSPS) is 17.4. The maximum Gasteiger partial charge on any atom is 0.124 e. The number of aliphatic hydroxyl groups excluding tert-OH is 1. The second kappa shape index (κ2) is 3.94. The molecule has 1 unspecified atom stereocenters. The molecule has 0 heterocycles. The van der Waals surface area contributed by atoms with E-state index in [1.54, 1.807) is 6.92 Å². The van der Waals surface area contributed by atoms with Crippen LogP contribution < -0.4 is 0 Å². The van der Waals surface area contributed by atoms with E-state index in [0.29, 0.717) is 12.8 Å². The second-order valence-electron chi connectivity index (χ2n) is 2.82. The van der Waals surface area contributed by atoms with Crippen LogP contribution in [0.25, 0.3) is 0 Å². The highest BCUT2D eigenvalue weighted by atomic mass is 16.3. The first-order valence-electron chi connectivity index (χ1n) is 3.82. The molecule has 0 saturated carbocycles. The highest BCUT2D eigenvalue weighted by Crippen LogP contribution is 2.24. The van der Waals surface area contributed by atoms with Crippen LogP contribution in [0.5, 0.6) is 0 Å². The van der Waals surface area contributed by atoms with Gasteiger partial charge >= 0.3 is 0 Å². The van der Waals surface area contributed by atoms with Gasteiger partial charge < -0.3 is 10.2 Å². The minimum Gasteiger partial charge on any atom is -0.387 e. The molecular formula is C8H17O2. The van der Waals surface area contributed by atoms with E-state index in [1.807, 2.05) is 13.8 Å². The van der Waals surface area contributed by atoms with Crippen molar-refractivity contribution in [3.8, 4) is 0 Å². The first-order chi connectivity index (χ1) is 4.54. The predicted molar refractivity (Wildman–Crippen MR) is 41.0 cm³/mol. The van der Waals surface area contributed by atoms with Crippen molar-refractivity contribution in [1.29, 1.82) is 0 Å². The van der Waals surface area contributed by atoms with Crippen LogP contribution in [-0.4, -0.2) is 15.8 Å². The molecule has 2 heteroatoms. The smallest absolute Gasteiger partial charge is 0.124 e. The van der Waals surface area contributed by atoms with E-state index < -0.39 is 5.60 Å². The van der Waals surface area contributed by atoms with Crippen LogP contribution in [0.1, 0.15) is 40.0 Å². The number of hydrogen-bond acceptors (Lipinski definition) is 2. The second-order valence-corrected chi connectivity index (χ2v) is 2.82.